The molecule has 0 saturated carbocycles. The van der Waals surface area contributed by atoms with Gasteiger partial charge in [0, 0.05) is 37.2 Å². The van der Waals surface area contributed by atoms with Crippen LogP contribution < -0.4 is 10.6 Å². The van der Waals surface area contributed by atoms with Crippen LogP contribution in [0.1, 0.15) is 31.7 Å². The summed E-state index contributed by atoms with van der Waals surface area (Å²) in [6.07, 6.45) is 4.29. The van der Waals surface area contributed by atoms with Gasteiger partial charge in [-0.1, -0.05) is 19.4 Å². The minimum absolute atomic E-state index is 0.0301. The maximum absolute atomic E-state index is 12.2. The van der Waals surface area contributed by atoms with E-state index in [0.29, 0.717) is 19.6 Å². The Kier molecular flexibility index (Phi) is 8.79. The third kappa shape index (κ3) is 6.64. The Bertz CT molecular complexity index is 1110. The lowest BCUT2D eigenvalue weighted by molar-refractivity contribution is -0.117. The number of rotatable bonds is 11. The van der Waals surface area contributed by atoms with E-state index < -0.39 is 5.91 Å². The van der Waals surface area contributed by atoms with Crippen molar-refractivity contribution in [3.63, 3.8) is 0 Å². The van der Waals surface area contributed by atoms with E-state index in [9.17, 15) is 10.1 Å². The molecule has 7 heteroatoms. The van der Waals surface area contributed by atoms with Crippen molar-refractivity contribution in [2.45, 2.75) is 33.1 Å². The number of nitriles is 1. The van der Waals surface area contributed by atoms with Gasteiger partial charge in [0.05, 0.1) is 10.2 Å². The molecule has 0 saturated heterocycles. The Morgan fingerprint density at radius 1 is 1.19 bits per heavy atom. The molecule has 0 aliphatic rings. The predicted molar refractivity (Wildman–Crippen MR) is 130 cm³/mol. The standard InChI is InChI=1S/C25H28N4O2S/c1-3-4-13-31-14-5-12-27-24(30)20(16-26)17-28-21-9-7-19(8-10-21)25-29-22-11-6-18(2)15-23(22)32-25/h6-11,15,17,28H,3-5,12-14H2,1-2H3,(H,27,30)/b20-17-. The molecule has 1 heterocycles. The summed E-state index contributed by atoms with van der Waals surface area (Å²) in [5, 5.41) is 16.0. The summed E-state index contributed by atoms with van der Waals surface area (Å²) in [6, 6.07) is 16.0. The largest absolute Gasteiger partial charge is 0.381 e. The molecule has 0 spiro atoms. The number of thiazole rings is 1. The number of nitrogens with one attached hydrogen (secondary N) is 2. The molecule has 2 aromatic carbocycles. The second kappa shape index (κ2) is 12.0. The van der Waals surface area contributed by atoms with Gasteiger partial charge in [0.25, 0.3) is 5.91 Å². The fraction of sp³-hybridized carbons (Fsp3) is 0.320. The molecule has 0 fully saturated rings. The van der Waals surface area contributed by atoms with E-state index in [2.05, 4.69) is 36.6 Å². The van der Waals surface area contributed by atoms with Gasteiger partial charge in [-0.15, -0.1) is 11.3 Å². The molecule has 1 aromatic heterocycles. The molecule has 3 rings (SSSR count). The van der Waals surface area contributed by atoms with Crippen LogP contribution in [0.2, 0.25) is 0 Å². The summed E-state index contributed by atoms with van der Waals surface area (Å²) in [5.41, 5.74) is 4.06. The molecular weight excluding hydrogens is 420 g/mol. The first-order valence-electron chi connectivity index (χ1n) is 10.8. The van der Waals surface area contributed by atoms with Crippen molar-refractivity contribution in [3.05, 3.63) is 59.8 Å². The first-order valence-corrected chi connectivity index (χ1v) is 11.6. The van der Waals surface area contributed by atoms with E-state index in [-0.39, 0.29) is 5.57 Å². The van der Waals surface area contributed by atoms with Crippen LogP contribution in [0.15, 0.2) is 54.2 Å². The minimum atomic E-state index is -0.394. The predicted octanol–water partition coefficient (Wildman–Crippen LogP) is 5.41. The van der Waals surface area contributed by atoms with E-state index in [1.165, 1.54) is 16.5 Å². The number of benzene rings is 2. The van der Waals surface area contributed by atoms with E-state index in [0.717, 1.165) is 41.2 Å². The van der Waals surface area contributed by atoms with Crippen LogP contribution in [0.4, 0.5) is 5.69 Å². The Morgan fingerprint density at radius 2 is 1.97 bits per heavy atom. The molecule has 2 N–H and O–H groups in total. The summed E-state index contributed by atoms with van der Waals surface area (Å²) >= 11 is 1.66. The molecule has 3 aromatic rings. The molecule has 0 radical (unpaired) electrons. The van der Waals surface area contributed by atoms with Crippen molar-refractivity contribution < 1.29 is 9.53 Å². The highest BCUT2D eigenvalue weighted by molar-refractivity contribution is 7.21. The maximum atomic E-state index is 12.2. The second-order valence-electron chi connectivity index (χ2n) is 7.46. The topological polar surface area (TPSA) is 87.0 Å². The van der Waals surface area contributed by atoms with Gasteiger partial charge in [0.1, 0.15) is 16.6 Å². The van der Waals surface area contributed by atoms with Crippen molar-refractivity contribution >= 4 is 33.1 Å². The number of hydrogen-bond acceptors (Lipinski definition) is 6. The Hall–Kier alpha value is -3.21. The summed E-state index contributed by atoms with van der Waals surface area (Å²) < 4.78 is 6.63. The zero-order chi connectivity index (χ0) is 22.8. The van der Waals surface area contributed by atoms with Gasteiger partial charge in [-0.25, -0.2) is 4.98 Å². The first kappa shape index (κ1) is 23.5. The quantitative estimate of drug-likeness (QED) is 0.232. The van der Waals surface area contributed by atoms with Crippen molar-refractivity contribution in [1.29, 1.82) is 5.26 Å². The second-order valence-corrected chi connectivity index (χ2v) is 8.49. The first-order chi connectivity index (χ1) is 15.6. The lowest BCUT2D eigenvalue weighted by Crippen LogP contribution is -2.26. The van der Waals surface area contributed by atoms with E-state index in [1.807, 2.05) is 36.4 Å². The highest BCUT2D eigenvalue weighted by Crippen LogP contribution is 2.31. The molecule has 6 nitrogen and oxygen atoms in total. The third-order valence-corrected chi connectivity index (χ3v) is 5.88. The molecule has 0 atom stereocenters. The van der Waals surface area contributed by atoms with Gasteiger partial charge in [-0.2, -0.15) is 5.26 Å². The van der Waals surface area contributed by atoms with Gasteiger partial charge in [-0.05, 0) is 61.7 Å². The SMILES string of the molecule is CCCCOCCCNC(=O)/C(C#N)=C\Nc1ccc(-c2nc3ccc(C)cc3s2)cc1. The van der Waals surface area contributed by atoms with Gasteiger partial charge in [0.2, 0.25) is 0 Å². The number of fused-ring (bicyclic) bond motifs is 1. The van der Waals surface area contributed by atoms with E-state index in [4.69, 9.17) is 9.72 Å². The number of amides is 1. The average Bonchev–Trinajstić information content (AvgIpc) is 3.22. The molecule has 0 unspecified atom stereocenters. The number of ether oxygens (including phenoxy) is 1. The van der Waals surface area contributed by atoms with Crippen LogP contribution >= 0.6 is 11.3 Å². The number of unbranched alkanes of at least 4 members (excludes halogenated alkanes) is 1. The summed E-state index contributed by atoms with van der Waals surface area (Å²) in [7, 11) is 0. The molecule has 32 heavy (non-hydrogen) atoms. The zero-order valence-electron chi connectivity index (χ0n) is 18.5. The molecule has 0 aliphatic carbocycles. The average molecular weight is 449 g/mol. The number of aryl methyl sites for hydroxylation is 1. The van der Waals surface area contributed by atoms with Crippen LogP contribution in [0.25, 0.3) is 20.8 Å². The molecule has 1 amide bonds. The Morgan fingerprint density at radius 3 is 2.72 bits per heavy atom. The van der Waals surface area contributed by atoms with Gasteiger partial charge < -0.3 is 15.4 Å². The van der Waals surface area contributed by atoms with Crippen LogP contribution in [-0.4, -0.2) is 30.6 Å². The number of carbonyl (C=O) groups excluding carboxylic acids is 1. The van der Waals surface area contributed by atoms with Crippen molar-refractivity contribution in [1.82, 2.24) is 10.3 Å². The van der Waals surface area contributed by atoms with Crippen LogP contribution in [0.5, 0.6) is 0 Å². The summed E-state index contributed by atoms with van der Waals surface area (Å²) in [6.45, 7) is 6.01. The van der Waals surface area contributed by atoms with E-state index >= 15 is 0 Å². The van der Waals surface area contributed by atoms with Gasteiger partial charge >= 0.3 is 0 Å². The Balaban J connectivity index is 1.53. The van der Waals surface area contributed by atoms with Crippen molar-refractivity contribution in [2.75, 3.05) is 25.1 Å². The number of aromatic nitrogens is 1. The number of hydrogen-bond donors (Lipinski definition) is 2. The number of carbonyl (C=O) groups is 1. The fourth-order valence-electron chi connectivity index (χ4n) is 2.99. The van der Waals surface area contributed by atoms with Gasteiger partial charge in [0.15, 0.2) is 0 Å². The summed E-state index contributed by atoms with van der Waals surface area (Å²) in [5.74, 6) is -0.394. The monoisotopic (exact) mass is 448 g/mol. The normalized spacial score (nSPS) is 11.3. The molecule has 166 valence electrons. The van der Waals surface area contributed by atoms with Crippen LogP contribution in [-0.2, 0) is 9.53 Å². The lowest BCUT2D eigenvalue weighted by Gasteiger charge is -2.06. The number of anilines is 1. The maximum Gasteiger partial charge on any atom is 0.263 e. The van der Waals surface area contributed by atoms with Crippen molar-refractivity contribution in [2.24, 2.45) is 0 Å². The zero-order valence-corrected chi connectivity index (χ0v) is 19.3. The molecule has 0 aliphatic heterocycles. The summed E-state index contributed by atoms with van der Waals surface area (Å²) in [4.78, 5) is 16.9. The molecular formula is C25H28N4O2S. The van der Waals surface area contributed by atoms with Crippen molar-refractivity contribution in [3.8, 4) is 16.6 Å². The smallest absolute Gasteiger partial charge is 0.263 e. The highest BCUT2D eigenvalue weighted by atomic mass is 32.1. The number of nitrogens with zero attached hydrogens (tertiary/aromatic N) is 2. The highest BCUT2D eigenvalue weighted by Gasteiger charge is 2.09. The van der Waals surface area contributed by atoms with Crippen LogP contribution in [0.3, 0.4) is 0 Å². The fourth-order valence-corrected chi connectivity index (χ4v) is 4.06. The van der Waals surface area contributed by atoms with E-state index in [1.54, 1.807) is 11.3 Å². The minimum Gasteiger partial charge on any atom is -0.381 e. The molecule has 0 bridgehead atoms. The van der Waals surface area contributed by atoms with Crippen LogP contribution in [0, 0.1) is 18.3 Å². The lowest BCUT2D eigenvalue weighted by atomic mass is 10.2. The Labute approximate surface area is 192 Å². The third-order valence-electron chi connectivity index (χ3n) is 4.82. The van der Waals surface area contributed by atoms with Gasteiger partial charge in [-0.3, -0.25) is 4.79 Å².